The van der Waals surface area contributed by atoms with E-state index in [0.717, 1.165) is 22.4 Å². The Morgan fingerprint density at radius 1 is 1.17 bits per heavy atom. The summed E-state index contributed by atoms with van der Waals surface area (Å²) < 4.78 is 0. The van der Waals surface area contributed by atoms with Crippen molar-refractivity contribution in [3.63, 3.8) is 0 Å². The van der Waals surface area contributed by atoms with Gasteiger partial charge in [-0.1, -0.05) is 37.3 Å². The number of nitriles is 1. The van der Waals surface area contributed by atoms with E-state index in [1.54, 1.807) is 24.5 Å². The highest BCUT2D eigenvalue weighted by Gasteiger charge is 2.18. The molecule has 2 N–H and O–H groups in total. The molecular formula is C26H28N6O2S. The summed E-state index contributed by atoms with van der Waals surface area (Å²) in [6, 6.07) is 11.3. The molecule has 0 spiro atoms. The number of aromatic nitrogens is 2. The predicted molar refractivity (Wildman–Crippen MR) is 139 cm³/mol. The summed E-state index contributed by atoms with van der Waals surface area (Å²) in [5, 5.41) is 15.7. The van der Waals surface area contributed by atoms with Gasteiger partial charge in [-0.05, 0) is 44.6 Å². The highest BCUT2D eigenvalue weighted by atomic mass is 32.1. The standard InChI is InChI=1S/C26H28N6O2S/c1-5-22-16-29-26(35-22)31-25(34)17(2)18-8-6-9-19(12-18)21-13-20(14-27)24(28-15-21)30-23(33)10-7-11-32(3)4/h6-10,12-13,15-17H,5,11H2,1-4H3,(H,28,30,33)(H,29,31,34)/b10-7+/t17-/m0/s1. The fourth-order valence-corrected chi connectivity index (χ4v) is 3.97. The molecule has 0 saturated carbocycles. The Morgan fingerprint density at radius 2 is 1.97 bits per heavy atom. The average Bonchev–Trinajstić information content (AvgIpc) is 3.31. The lowest BCUT2D eigenvalue weighted by Crippen LogP contribution is -2.18. The van der Waals surface area contributed by atoms with E-state index in [1.165, 1.54) is 17.4 Å². The minimum absolute atomic E-state index is 0.143. The second-order valence-electron chi connectivity index (χ2n) is 8.21. The van der Waals surface area contributed by atoms with Gasteiger partial charge in [0.15, 0.2) is 10.9 Å². The Balaban J connectivity index is 1.75. The monoisotopic (exact) mass is 488 g/mol. The van der Waals surface area contributed by atoms with Crippen LogP contribution in [0.5, 0.6) is 0 Å². The van der Waals surface area contributed by atoms with Crippen molar-refractivity contribution in [2.24, 2.45) is 0 Å². The summed E-state index contributed by atoms with van der Waals surface area (Å²) in [4.78, 5) is 36.5. The van der Waals surface area contributed by atoms with E-state index in [1.807, 2.05) is 57.1 Å². The second kappa shape index (κ2) is 12.0. The molecule has 9 heteroatoms. The van der Waals surface area contributed by atoms with E-state index in [9.17, 15) is 14.9 Å². The number of hydrogen-bond acceptors (Lipinski definition) is 7. The molecule has 1 aromatic carbocycles. The molecule has 3 aromatic rings. The number of rotatable bonds is 9. The van der Waals surface area contributed by atoms with E-state index in [2.05, 4.69) is 26.7 Å². The fraction of sp³-hybridized carbons (Fsp3) is 0.269. The molecule has 0 saturated heterocycles. The number of hydrogen-bond donors (Lipinski definition) is 2. The number of nitrogens with zero attached hydrogens (tertiary/aromatic N) is 4. The number of carbonyl (C=O) groups excluding carboxylic acids is 2. The molecule has 2 heterocycles. The van der Waals surface area contributed by atoms with Crippen LogP contribution < -0.4 is 10.6 Å². The van der Waals surface area contributed by atoms with Crippen LogP contribution in [0.4, 0.5) is 10.9 Å². The maximum Gasteiger partial charge on any atom is 0.249 e. The zero-order chi connectivity index (χ0) is 25.4. The first-order valence-corrected chi connectivity index (χ1v) is 12.0. The van der Waals surface area contributed by atoms with E-state index < -0.39 is 5.92 Å². The van der Waals surface area contributed by atoms with Crippen LogP contribution in [0.1, 0.15) is 35.8 Å². The number of amides is 2. The van der Waals surface area contributed by atoms with Crippen molar-refractivity contribution in [3.05, 3.63) is 70.9 Å². The van der Waals surface area contributed by atoms with Crippen LogP contribution in [0.2, 0.25) is 0 Å². The summed E-state index contributed by atoms with van der Waals surface area (Å²) in [7, 11) is 3.81. The van der Waals surface area contributed by atoms with Crippen molar-refractivity contribution in [3.8, 4) is 17.2 Å². The molecule has 0 aliphatic carbocycles. The summed E-state index contributed by atoms with van der Waals surface area (Å²) in [6.07, 6.45) is 7.40. The van der Waals surface area contributed by atoms with Crippen LogP contribution in [0.3, 0.4) is 0 Å². The van der Waals surface area contributed by atoms with Gasteiger partial charge in [-0.3, -0.25) is 9.59 Å². The molecule has 2 aromatic heterocycles. The average molecular weight is 489 g/mol. The topological polar surface area (TPSA) is 111 Å². The van der Waals surface area contributed by atoms with Gasteiger partial charge in [0.25, 0.3) is 0 Å². The van der Waals surface area contributed by atoms with Crippen molar-refractivity contribution in [1.29, 1.82) is 5.26 Å². The molecule has 0 aliphatic heterocycles. The second-order valence-corrected chi connectivity index (χ2v) is 9.32. The number of thiazole rings is 1. The largest absolute Gasteiger partial charge is 0.306 e. The Bertz CT molecular complexity index is 1270. The van der Waals surface area contributed by atoms with Crippen molar-refractivity contribution >= 4 is 34.1 Å². The SMILES string of the molecule is CCc1cnc(NC(=O)[C@@H](C)c2cccc(-c3cnc(NC(=O)/C=C/CN(C)C)c(C#N)c3)c2)s1. The lowest BCUT2D eigenvalue weighted by molar-refractivity contribution is -0.117. The number of aryl methyl sites for hydroxylation is 1. The maximum absolute atomic E-state index is 12.8. The molecule has 0 radical (unpaired) electrons. The van der Waals surface area contributed by atoms with Crippen molar-refractivity contribution in [2.75, 3.05) is 31.3 Å². The van der Waals surface area contributed by atoms with Gasteiger partial charge >= 0.3 is 0 Å². The third-order valence-electron chi connectivity index (χ3n) is 5.23. The first-order valence-electron chi connectivity index (χ1n) is 11.2. The number of likely N-dealkylation sites (N-methyl/N-ethyl adjacent to an activating group) is 1. The fourth-order valence-electron chi connectivity index (χ4n) is 3.22. The highest BCUT2D eigenvalue weighted by molar-refractivity contribution is 7.15. The van der Waals surface area contributed by atoms with Crippen LogP contribution in [-0.4, -0.2) is 47.3 Å². The van der Waals surface area contributed by atoms with Crippen molar-refractivity contribution in [1.82, 2.24) is 14.9 Å². The lowest BCUT2D eigenvalue weighted by atomic mass is 9.96. The molecule has 8 nitrogen and oxygen atoms in total. The Kier molecular flexibility index (Phi) is 8.84. The smallest absolute Gasteiger partial charge is 0.249 e. The zero-order valence-electron chi connectivity index (χ0n) is 20.2. The molecule has 3 rings (SSSR count). The Morgan fingerprint density at radius 3 is 2.66 bits per heavy atom. The number of anilines is 2. The van der Waals surface area contributed by atoms with Crippen LogP contribution in [-0.2, 0) is 16.0 Å². The molecular weight excluding hydrogens is 460 g/mol. The molecule has 0 unspecified atom stereocenters. The summed E-state index contributed by atoms with van der Waals surface area (Å²) >= 11 is 1.47. The van der Waals surface area contributed by atoms with E-state index in [-0.39, 0.29) is 23.2 Å². The van der Waals surface area contributed by atoms with Crippen molar-refractivity contribution < 1.29 is 9.59 Å². The van der Waals surface area contributed by atoms with Crippen molar-refractivity contribution in [2.45, 2.75) is 26.2 Å². The molecule has 180 valence electrons. The summed E-state index contributed by atoms with van der Waals surface area (Å²) in [5.74, 6) is -0.693. The van der Waals surface area contributed by atoms with Gasteiger partial charge in [-0.15, -0.1) is 11.3 Å². The van der Waals surface area contributed by atoms with Crippen LogP contribution in [0, 0.1) is 11.3 Å². The third-order valence-corrected chi connectivity index (χ3v) is 6.29. The van der Waals surface area contributed by atoms with Gasteiger partial charge in [0.05, 0.1) is 11.5 Å². The number of carbonyl (C=O) groups is 2. The maximum atomic E-state index is 12.8. The Hall–Kier alpha value is -3.87. The first kappa shape index (κ1) is 25.7. The molecule has 0 fully saturated rings. The molecule has 2 amide bonds. The molecule has 0 aliphatic rings. The summed E-state index contributed by atoms with van der Waals surface area (Å²) in [5.41, 5.74) is 2.61. The quantitative estimate of drug-likeness (QED) is 0.431. The van der Waals surface area contributed by atoms with Gasteiger partial charge in [0.2, 0.25) is 11.8 Å². The zero-order valence-corrected chi connectivity index (χ0v) is 21.0. The van der Waals surface area contributed by atoms with E-state index >= 15 is 0 Å². The first-order chi connectivity index (χ1) is 16.8. The number of nitrogens with one attached hydrogen (secondary N) is 2. The van der Waals surface area contributed by atoms with E-state index in [0.29, 0.717) is 17.2 Å². The summed E-state index contributed by atoms with van der Waals surface area (Å²) in [6.45, 7) is 4.51. The minimum atomic E-state index is -0.403. The van der Waals surface area contributed by atoms with Gasteiger partial charge in [-0.2, -0.15) is 5.26 Å². The lowest BCUT2D eigenvalue weighted by Gasteiger charge is -2.13. The van der Waals surface area contributed by atoms with Crippen LogP contribution >= 0.6 is 11.3 Å². The molecule has 35 heavy (non-hydrogen) atoms. The number of benzene rings is 1. The van der Waals surface area contributed by atoms with Gasteiger partial charge in [-0.25, -0.2) is 9.97 Å². The number of pyridine rings is 1. The molecule has 1 atom stereocenters. The van der Waals surface area contributed by atoms with Crippen LogP contribution in [0.15, 0.2) is 54.9 Å². The highest BCUT2D eigenvalue weighted by Crippen LogP contribution is 2.27. The van der Waals surface area contributed by atoms with Gasteiger partial charge < -0.3 is 15.5 Å². The van der Waals surface area contributed by atoms with Crippen LogP contribution in [0.25, 0.3) is 11.1 Å². The minimum Gasteiger partial charge on any atom is -0.306 e. The Labute approximate surface area is 209 Å². The third kappa shape index (κ3) is 7.06. The van der Waals surface area contributed by atoms with E-state index in [4.69, 9.17) is 0 Å². The predicted octanol–water partition coefficient (Wildman–Crippen LogP) is 4.44. The molecule has 0 bridgehead atoms. The van der Waals surface area contributed by atoms with Gasteiger partial charge in [0, 0.05) is 35.5 Å². The van der Waals surface area contributed by atoms with Gasteiger partial charge in [0.1, 0.15) is 6.07 Å². The normalized spacial score (nSPS) is 11.9.